The van der Waals surface area contributed by atoms with E-state index in [1.807, 2.05) is 19.1 Å². The van der Waals surface area contributed by atoms with Gasteiger partial charge in [-0.15, -0.1) is 0 Å². The molecule has 0 bridgehead atoms. The number of hydrogen-bond acceptors (Lipinski definition) is 4. The molecule has 0 saturated carbocycles. The largest absolute Gasteiger partial charge is 0.508 e. The first kappa shape index (κ1) is 18.5. The number of nitrogens with two attached hydrogens (primary N) is 1. The number of rotatable bonds is 6. The van der Waals surface area contributed by atoms with Gasteiger partial charge in [0.1, 0.15) is 17.2 Å². The van der Waals surface area contributed by atoms with Crippen LogP contribution < -0.4 is 10.5 Å². The molecule has 4 nitrogen and oxygen atoms in total. The molecule has 25 heavy (non-hydrogen) atoms. The molecule has 2 rings (SSSR count). The van der Waals surface area contributed by atoms with Gasteiger partial charge < -0.3 is 20.7 Å². The van der Waals surface area contributed by atoms with E-state index >= 15 is 0 Å². The minimum atomic E-state index is 0.0670. The molecule has 0 radical (unpaired) electrons. The van der Waals surface area contributed by atoms with Crippen molar-refractivity contribution in [3.05, 3.63) is 58.7 Å². The number of phenolic OH excluding ortho intramolecular Hbond substituents is 2. The van der Waals surface area contributed by atoms with E-state index in [4.69, 9.17) is 10.5 Å². The second-order valence-corrected chi connectivity index (χ2v) is 6.08. The Morgan fingerprint density at radius 3 is 2.52 bits per heavy atom. The van der Waals surface area contributed by atoms with E-state index < -0.39 is 0 Å². The molecule has 2 aromatic rings. The smallest absolute Gasteiger partial charge is 0.138 e. The van der Waals surface area contributed by atoms with Crippen molar-refractivity contribution < 1.29 is 14.9 Å². The average Bonchev–Trinajstić information content (AvgIpc) is 2.55. The second-order valence-electron chi connectivity index (χ2n) is 6.08. The van der Waals surface area contributed by atoms with Crippen LogP contribution in [0.2, 0.25) is 0 Å². The monoisotopic (exact) mass is 339 g/mol. The predicted molar refractivity (Wildman–Crippen MR) is 104 cm³/mol. The molecule has 0 fully saturated rings. The third-order valence-corrected chi connectivity index (χ3v) is 3.75. The standard InChI is InChI=1S/C21H25NO3/c1-4-25-21-13-17(23)12-16(18(21)9-5-14(2)3)8-6-15-7-10-20(24)19(22)11-15/h5-8,10-13,23-24H,4,9,22H2,1-3H3. The van der Waals surface area contributed by atoms with Crippen LogP contribution >= 0.6 is 0 Å². The highest BCUT2D eigenvalue weighted by molar-refractivity contribution is 5.75. The number of benzene rings is 2. The highest BCUT2D eigenvalue weighted by atomic mass is 16.5. The minimum Gasteiger partial charge on any atom is -0.508 e. The number of ether oxygens (including phenoxy) is 1. The number of allylic oxidation sites excluding steroid dienone is 2. The van der Waals surface area contributed by atoms with Crippen molar-refractivity contribution in [2.45, 2.75) is 27.2 Å². The molecule has 0 atom stereocenters. The van der Waals surface area contributed by atoms with Gasteiger partial charge in [0.25, 0.3) is 0 Å². The van der Waals surface area contributed by atoms with Gasteiger partial charge in [0, 0.05) is 11.6 Å². The van der Waals surface area contributed by atoms with Crippen molar-refractivity contribution in [3.63, 3.8) is 0 Å². The number of anilines is 1. The molecule has 0 saturated heterocycles. The van der Waals surface area contributed by atoms with Gasteiger partial charge in [0.2, 0.25) is 0 Å². The van der Waals surface area contributed by atoms with Crippen LogP contribution in [0.5, 0.6) is 17.2 Å². The Balaban J connectivity index is 2.44. The number of hydrogen-bond donors (Lipinski definition) is 3. The summed E-state index contributed by atoms with van der Waals surface area (Å²) in [6.07, 6.45) is 6.66. The Kier molecular flexibility index (Phi) is 6.12. The Labute approximate surface area is 148 Å². The zero-order valence-corrected chi connectivity index (χ0v) is 14.9. The van der Waals surface area contributed by atoms with Gasteiger partial charge in [0.15, 0.2) is 0 Å². The molecular formula is C21H25NO3. The molecule has 0 heterocycles. The van der Waals surface area contributed by atoms with Crippen molar-refractivity contribution >= 4 is 17.8 Å². The normalized spacial score (nSPS) is 10.8. The van der Waals surface area contributed by atoms with E-state index in [0.717, 1.165) is 23.1 Å². The summed E-state index contributed by atoms with van der Waals surface area (Å²) < 4.78 is 5.70. The molecular weight excluding hydrogens is 314 g/mol. The van der Waals surface area contributed by atoms with Crippen LogP contribution in [0.4, 0.5) is 5.69 Å². The zero-order chi connectivity index (χ0) is 18.4. The Bertz CT molecular complexity index is 803. The number of phenols is 2. The highest BCUT2D eigenvalue weighted by Crippen LogP contribution is 2.31. The van der Waals surface area contributed by atoms with Crippen molar-refractivity contribution in [2.75, 3.05) is 12.3 Å². The van der Waals surface area contributed by atoms with Gasteiger partial charge in [-0.3, -0.25) is 0 Å². The van der Waals surface area contributed by atoms with Gasteiger partial charge in [-0.2, -0.15) is 0 Å². The maximum absolute atomic E-state index is 10.0. The van der Waals surface area contributed by atoms with E-state index in [9.17, 15) is 10.2 Å². The van der Waals surface area contributed by atoms with E-state index in [0.29, 0.717) is 18.0 Å². The second kappa shape index (κ2) is 8.29. The first-order valence-electron chi connectivity index (χ1n) is 8.29. The van der Waals surface area contributed by atoms with Crippen LogP contribution in [0.1, 0.15) is 37.5 Å². The highest BCUT2D eigenvalue weighted by Gasteiger charge is 2.10. The summed E-state index contributed by atoms with van der Waals surface area (Å²) in [5, 5.41) is 19.5. The molecule has 0 aliphatic carbocycles. The molecule has 4 N–H and O–H groups in total. The molecule has 0 spiro atoms. The van der Waals surface area contributed by atoms with Gasteiger partial charge >= 0.3 is 0 Å². The van der Waals surface area contributed by atoms with E-state index in [1.165, 1.54) is 5.57 Å². The van der Waals surface area contributed by atoms with Crippen molar-refractivity contribution in [1.29, 1.82) is 0 Å². The molecule has 2 aromatic carbocycles. The SMILES string of the molecule is CCOc1cc(O)cc(C=Cc2ccc(O)c(N)c2)c1CC=C(C)C. The lowest BCUT2D eigenvalue weighted by atomic mass is 10.00. The molecule has 0 unspecified atom stereocenters. The first-order valence-corrected chi connectivity index (χ1v) is 8.29. The third kappa shape index (κ3) is 5.05. The van der Waals surface area contributed by atoms with Crippen molar-refractivity contribution in [3.8, 4) is 17.2 Å². The predicted octanol–water partition coefficient (Wildman–Crippen LogP) is 4.76. The zero-order valence-electron chi connectivity index (χ0n) is 14.9. The van der Waals surface area contributed by atoms with Gasteiger partial charge in [-0.25, -0.2) is 0 Å². The average molecular weight is 339 g/mol. The molecule has 0 amide bonds. The maximum Gasteiger partial charge on any atom is 0.138 e. The van der Waals surface area contributed by atoms with Crippen molar-refractivity contribution in [1.82, 2.24) is 0 Å². The maximum atomic E-state index is 10.0. The fraction of sp³-hybridized carbons (Fsp3) is 0.238. The van der Waals surface area contributed by atoms with Crippen LogP contribution in [-0.2, 0) is 6.42 Å². The lowest BCUT2D eigenvalue weighted by Crippen LogP contribution is -1.98. The molecule has 0 aliphatic rings. The Morgan fingerprint density at radius 1 is 1.12 bits per heavy atom. The Hall–Kier alpha value is -2.88. The lowest BCUT2D eigenvalue weighted by Gasteiger charge is -2.13. The van der Waals surface area contributed by atoms with Crippen molar-refractivity contribution in [2.24, 2.45) is 0 Å². The first-order chi connectivity index (χ1) is 11.9. The summed E-state index contributed by atoms with van der Waals surface area (Å²) in [6.45, 7) is 6.55. The van der Waals surface area contributed by atoms with Crippen LogP contribution in [0.3, 0.4) is 0 Å². The van der Waals surface area contributed by atoms with E-state index in [-0.39, 0.29) is 11.5 Å². The molecule has 132 valence electrons. The fourth-order valence-electron chi connectivity index (χ4n) is 2.47. The number of aromatic hydroxyl groups is 2. The molecule has 4 heteroatoms. The summed E-state index contributed by atoms with van der Waals surface area (Å²) in [5.74, 6) is 0.913. The Morgan fingerprint density at radius 2 is 1.88 bits per heavy atom. The van der Waals surface area contributed by atoms with Crippen LogP contribution in [0.15, 0.2) is 42.0 Å². The number of nitrogen functional groups attached to an aromatic ring is 1. The summed E-state index contributed by atoms with van der Waals surface area (Å²) in [4.78, 5) is 0. The summed E-state index contributed by atoms with van der Waals surface area (Å²) in [6, 6.07) is 8.41. The van der Waals surface area contributed by atoms with Gasteiger partial charge in [0.05, 0.1) is 12.3 Å². The lowest BCUT2D eigenvalue weighted by molar-refractivity contribution is 0.334. The van der Waals surface area contributed by atoms with E-state index in [2.05, 4.69) is 19.9 Å². The van der Waals surface area contributed by atoms with E-state index in [1.54, 1.807) is 30.3 Å². The van der Waals surface area contributed by atoms with Crippen LogP contribution in [0.25, 0.3) is 12.2 Å². The molecule has 0 aromatic heterocycles. The minimum absolute atomic E-state index is 0.0670. The van der Waals surface area contributed by atoms with Gasteiger partial charge in [-0.05, 0) is 56.5 Å². The topological polar surface area (TPSA) is 75.7 Å². The summed E-state index contributed by atoms with van der Waals surface area (Å²) in [7, 11) is 0. The summed E-state index contributed by atoms with van der Waals surface area (Å²) >= 11 is 0. The third-order valence-electron chi connectivity index (χ3n) is 3.75. The molecule has 0 aliphatic heterocycles. The quantitative estimate of drug-likeness (QED) is 0.307. The fourth-order valence-corrected chi connectivity index (χ4v) is 2.47. The summed E-state index contributed by atoms with van der Waals surface area (Å²) in [5.41, 5.74) is 10.1. The van der Waals surface area contributed by atoms with Crippen LogP contribution in [-0.4, -0.2) is 16.8 Å². The van der Waals surface area contributed by atoms with Crippen LogP contribution in [0, 0.1) is 0 Å². The van der Waals surface area contributed by atoms with Gasteiger partial charge in [-0.1, -0.05) is 29.9 Å².